The number of rotatable bonds is 6. The number of Topliss-reactive ketones (excluding diaryl/α,β-unsaturated/α-hetero) is 1. The van der Waals surface area contributed by atoms with E-state index in [9.17, 15) is 15.0 Å². The van der Waals surface area contributed by atoms with E-state index >= 15 is 0 Å². The van der Waals surface area contributed by atoms with Gasteiger partial charge in [-0.2, -0.15) is 0 Å². The van der Waals surface area contributed by atoms with Gasteiger partial charge in [0.2, 0.25) is 0 Å². The van der Waals surface area contributed by atoms with E-state index in [2.05, 4.69) is 10.2 Å². The number of ketones is 1. The smallest absolute Gasteiger partial charge is 0.196 e. The van der Waals surface area contributed by atoms with Crippen molar-refractivity contribution in [3.8, 4) is 28.7 Å². The highest BCUT2D eigenvalue weighted by atomic mass is 32.2. The van der Waals surface area contributed by atoms with E-state index in [1.165, 1.54) is 30.0 Å². The van der Waals surface area contributed by atoms with E-state index in [-0.39, 0.29) is 29.6 Å². The van der Waals surface area contributed by atoms with Gasteiger partial charge in [-0.15, -0.1) is 10.2 Å². The summed E-state index contributed by atoms with van der Waals surface area (Å²) in [6.07, 6.45) is -0.480. The Morgan fingerprint density at radius 3 is 2.52 bits per heavy atom. The number of phenols is 2. The third-order valence-corrected chi connectivity index (χ3v) is 6.03. The molecule has 1 atom stereocenters. The molecule has 4 aromatic rings. The van der Waals surface area contributed by atoms with Crippen LogP contribution in [0, 0.1) is 0 Å². The molecular formula is C24H19N3O5S. The highest BCUT2D eigenvalue weighted by Crippen LogP contribution is 2.37. The van der Waals surface area contributed by atoms with Crippen molar-refractivity contribution >= 4 is 17.5 Å². The molecule has 9 heteroatoms. The molecule has 0 bridgehead atoms. The van der Waals surface area contributed by atoms with E-state index in [1.807, 2.05) is 59.2 Å². The number of ether oxygens (including phenoxy) is 2. The van der Waals surface area contributed by atoms with Crippen molar-refractivity contribution in [2.75, 3.05) is 12.4 Å². The van der Waals surface area contributed by atoms with Gasteiger partial charge in [-0.1, -0.05) is 42.1 Å². The number of carbonyl (C=O) groups is 1. The average molecular weight is 461 g/mol. The van der Waals surface area contributed by atoms with Crippen LogP contribution >= 0.6 is 11.8 Å². The fourth-order valence-corrected chi connectivity index (χ4v) is 4.31. The maximum Gasteiger partial charge on any atom is 0.196 e. The summed E-state index contributed by atoms with van der Waals surface area (Å²) in [7, 11) is 0. The lowest BCUT2D eigenvalue weighted by Crippen LogP contribution is -2.24. The van der Waals surface area contributed by atoms with Crippen molar-refractivity contribution in [2.45, 2.75) is 11.3 Å². The summed E-state index contributed by atoms with van der Waals surface area (Å²) >= 11 is 1.22. The largest absolute Gasteiger partial charge is 0.504 e. The number of phenolic OH excluding ortho intramolecular Hbond substituents is 2. The zero-order chi connectivity index (χ0) is 22.8. The third kappa shape index (κ3) is 4.22. The Kier molecular flexibility index (Phi) is 5.62. The van der Waals surface area contributed by atoms with Crippen LogP contribution in [0.4, 0.5) is 0 Å². The Bertz CT molecular complexity index is 1310. The number of nitrogens with zero attached hydrogens (tertiary/aromatic N) is 3. The lowest BCUT2D eigenvalue weighted by atomic mass is 10.1. The molecule has 0 saturated heterocycles. The lowest BCUT2D eigenvalue weighted by Gasteiger charge is -2.26. The third-order valence-electron chi connectivity index (χ3n) is 5.10. The minimum atomic E-state index is -0.480. The second kappa shape index (κ2) is 8.87. The summed E-state index contributed by atoms with van der Waals surface area (Å²) < 4.78 is 13.8. The predicted octanol–water partition coefficient (Wildman–Crippen LogP) is 4.17. The van der Waals surface area contributed by atoms with E-state index in [0.717, 1.165) is 5.69 Å². The number of benzene rings is 3. The second-order valence-corrected chi connectivity index (χ2v) is 8.23. The maximum atomic E-state index is 12.7. The minimum absolute atomic E-state index is 0.0695. The number of carbonyl (C=O) groups excluding carboxylic acids is 1. The highest BCUT2D eigenvalue weighted by molar-refractivity contribution is 7.99. The van der Waals surface area contributed by atoms with Crippen molar-refractivity contribution < 1.29 is 24.5 Å². The van der Waals surface area contributed by atoms with Gasteiger partial charge in [-0.25, -0.2) is 0 Å². The van der Waals surface area contributed by atoms with Crippen LogP contribution < -0.4 is 9.47 Å². The topological polar surface area (TPSA) is 107 Å². The molecular weight excluding hydrogens is 442 g/mol. The van der Waals surface area contributed by atoms with E-state index in [0.29, 0.717) is 28.0 Å². The molecule has 3 aromatic carbocycles. The van der Waals surface area contributed by atoms with Gasteiger partial charge in [0.1, 0.15) is 6.61 Å². The van der Waals surface area contributed by atoms with Gasteiger partial charge in [0, 0.05) is 11.3 Å². The molecule has 0 spiro atoms. The Morgan fingerprint density at radius 2 is 1.73 bits per heavy atom. The Labute approximate surface area is 193 Å². The van der Waals surface area contributed by atoms with Crippen LogP contribution in [0.5, 0.6) is 23.0 Å². The van der Waals surface area contributed by atoms with Crippen LogP contribution in [0.2, 0.25) is 0 Å². The summed E-state index contributed by atoms with van der Waals surface area (Å²) in [4.78, 5) is 12.7. The molecule has 0 saturated carbocycles. The zero-order valence-corrected chi connectivity index (χ0v) is 18.1. The molecule has 0 radical (unpaired) electrons. The van der Waals surface area contributed by atoms with Gasteiger partial charge in [0.25, 0.3) is 0 Å². The summed E-state index contributed by atoms with van der Waals surface area (Å²) in [5.41, 5.74) is 1.13. The van der Waals surface area contributed by atoms with Crippen LogP contribution in [0.25, 0.3) is 5.69 Å². The molecule has 166 valence electrons. The van der Waals surface area contributed by atoms with Crippen LogP contribution in [-0.2, 0) is 0 Å². The van der Waals surface area contributed by atoms with Gasteiger partial charge in [-0.3, -0.25) is 9.36 Å². The summed E-state index contributed by atoms with van der Waals surface area (Å²) in [5.74, 6) is 1.11. The van der Waals surface area contributed by atoms with Gasteiger partial charge in [0.05, 0.1) is 5.75 Å². The first-order chi connectivity index (χ1) is 16.1. The number of para-hydroxylation sites is 3. The molecule has 2 heterocycles. The highest BCUT2D eigenvalue weighted by Gasteiger charge is 2.29. The first-order valence-corrected chi connectivity index (χ1v) is 11.2. The molecule has 1 unspecified atom stereocenters. The van der Waals surface area contributed by atoms with Gasteiger partial charge in [-0.05, 0) is 42.5 Å². The van der Waals surface area contributed by atoms with E-state index in [1.54, 1.807) is 0 Å². The number of thioether (sulfide) groups is 1. The Hall–Kier alpha value is -3.98. The molecule has 1 aromatic heterocycles. The second-order valence-electron chi connectivity index (χ2n) is 7.29. The Balaban J connectivity index is 1.43. The van der Waals surface area contributed by atoms with Crippen LogP contribution in [-0.4, -0.2) is 43.1 Å². The summed E-state index contributed by atoms with van der Waals surface area (Å²) in [6, 6.07) is 21.0. The fourth-order valence-electron chi connectivity index (χ4n) is 3.46. The van der Waals surface area contributed by atoms with Crippen molar-refractivity contribution in [1.29, 1.82) is 0 Å². The van der Waals surface area contributed by atoms with Crippen LogP contribution in [0.15, 0.2) is 78.0 Å². The number of hydrogen-bond donors (Lipinski definition) is 2. The molecule has 1 aliphatic rings. The summed E-state index contributed by atoms with van der Waals surface area (Å²) in [6.45, 7) is 0.276. The number of aromatic nitrogens is 3. The van der Waals surface area contributed by atoms with Crippen molar-refractivity contribution in [1.82, 2.24) is 14.8 Å². The first-order valence-electron chi connectivity index (χ1n) is 10.2. The lowest BCUT2D eigenvalue weighted by molar-refractivity contribution is 0.0835. The fraction of sp³-hybridized carbons (Fsp3) is 0.125. The molecule has 1 aliphatic heterocycles. The quantitative estimate of drug-likeness (QED) is 0.250. The van der Waals surface area contributed by atoms with Crippen molar-refractivity contribution in [3.63, 3.8) is 0 Å². The van der Waals surface area contributed by atoms with E-state index in [4.69, 9.17) is 9.47 Å². The summed E-state index contributed by atoms with van der Waals surface area (Å²) in [5, 5.41) is 28.4. The minimum Gasteiger partial charge on any atom is -0.504 e. The van der Waals surface area contributed by atoms with Crippen LogP contribution in [0.3, 0.4) is 0 Å². The maximum absolute atomic E-state index is 12.7. The number of aromatic hydroxyl groups is 2. The zero-order valence-electron chi connectivity index (χ0n) is 17.3. The normalized spacial score (nSPS) is 14.7. The molecule has 5 rings (SSSR count). The SMILES string of the molecule is O=C(CSc1nnc(C2COc3ccccc3O2)n1-c1ccccc1)c1ccc(O)c(O)c1. The van der Waals surface area contributed by atoms with E-state index < -0.39 is 6.10 Å². The molecule has 0 amide bonds. The predicted molar refractivity (Wildman–Crippen MR) is 121 cm³/mol. The van der Waals surface area contributed by atoms with Gasteiger partial charge in [0.15, 0.2) is 45.9 Å². The molecule has 0 fully saturated rings. The monoisotopic (exact) mass is 461 g/mol. The van der Waals surface area contributed by atoms with Crippen LogP contribution in [0.1, 0.15) is 22.3 Å². The Morgan fingerprint density at radius 1 is 0.970 bits per heavy atom. The van der Waals surface area contributed by atoms with Crippen molar-refractivity contribution in [3.05, 3.63) is 84.2 Å². The van der Waals surface area contributed by atoms with Crippen molar-refractivity contribution in [2.24, 2.45) is 0 Å². The van der Waals surface area contributed by atoms with Gasteiger partial charge < -0.3 is 19.7 Å². The molecule has 33 heavy (non-hydrogen) atoms. The average Bonchev–Trinajstić information content (AvgIpc) is 3.28. The molecule has 8 nitrogen and oxygen atoms in total. The number of fused-ring (bicyclic) bond motifs is 1. The molecule has 2 N–H and O–H groups in total. The van der Waals surface area contributed by atoms with Gasteiger partial charge >= 0.3 is 0 Å². The standard InChI is InChI=1S/C24H19N3O5S/c28-17-11-10-15(12-18(17)29)19(30)14-33-24-26-25-23(27(24)16-6-2-1-3-7-16)22-13-31-20-8-4-5-9-21(20)32-22/h1-12,22,28-29H,13-14H2. The number of hydrogen-bond acceptors (Lipinski definition) is 8. The first kappa shape index (κ1) is 20.9. The molecule has 0 aliphatic carbocycles.